The molecule has 1 saturated heterocycles. The molecule has 2 atom stereocenters. The van der Waals surface area contributed by atoms with Gasteiger partial charge in [-0.25, -0.2) is 4.39 Å². The summed E-state index contributed by atoms with van der Waals surface area (Å²) >= 11 is 0. The van der Waals surface area contributed by atoms with E-state index < -0.39 is 0 Å². The van der Waals surface area contributed by atoms with Crippen molar-refractivity contribution in [1.82, 2.24) is 9.80 Å². The Hall–Kier alpha value is -2.20. The molecule has 1 saturated carbocycles. The molecule has 0 aromatic heterocycles. The summed E-state index contributed by atoms with van der Waals surface area (Å²) in [4.78, 5) is 17.9. The number of hydrogen-bond donors (Lipinski definition) is 0. The van der Waals surface area contributed by atoms with E-state index in [2.05, 4.69) is 30.1 Å². The minimum Gasteiger partial charge on any atom is -0.331 e. The van der Waals surface area contributed by atoms with Crippen LogP contribution in [0.5, 0.6) is 0 Å². The molecule has 2 aliphatic heterocycles. The minimum atomic E-state index is -0.240. The monoisotopic (exact) mass is 378 g/mol. The fourth-order valence-corrected chi connectivity index (χ4v) is 5.48. The fourth-order valence-electron chi connectivity index (χ4n) is 5.48. The number of carbonyl (C=O) groups is 1. The topological polar surface area (TPSA) is 23.6 Å². The van der Waals surface area contributed by atoms with Crippen LogP contribution in [0.3, 0.4) is 0 Å². The number of nitrogens with zero attached hydrogens (tertiary/aromatic N) is 2. The Kier molecular flexibility index (Phi) is 4.27. The lowest BCUT2D eigenvalue weighted by atomic mass is 9.86. The molecule has 5 rings (SSSR count). The second-order valence-corrected chi connectivity index (χ2v) is 8.95. The van der Waals surface area contributed by atoms with Crippen LogP contribution in [0.2, 0.25) is 0 Å². The van der Waals surface area contributed by atoms with Gasteiger partial charge in [-0.2, -0.15) is 0 Å². The molecule has 1 amide bonds. The van der Waals surface area contributed by atoms with Crippen molar-refractivity contribution in [2.24, 2.45) is 11.3 Å². The van der Waals surface area contributed by atoms with Crippen LogP contribution in [0, 0.1) is 17.2 Å². The van der Waals surface area contributed by atoms with E-state index in [1.54, 1.807) is 0 Å². The quantitative estimate of drug-likeness (QED) is 0.805. The maximum Gasteiger partial charge on any atom is 0.223 e. The highest BCUT2D eigenvalue weighted by Gasteiger charge is 2.54. The van der Waals surface area contributed by atoms with Gasteiger partial charge in [0.15, 0.2) is 0 Å². The summed E-state index contributed by atoms with van der Waals surface area (Å²) in [6.07, 6.45) is 4.04. The first-order valence-corrected chi connectivity index (χ1v) is 10.4. The van der Waals surface area contributed by atoms with E-state index in [1.165, 1.54) is 36.1 Å². The summed E-state index contributed by atoms with van der Waals surface area (Å²) in [5.74, 6) is 0.474. The van der Waals surface area contributed by atoms with Crippen molar-refractivity contribution in [3.05, 3.63) is 71.0 Å². The average Bonchev–Trinajstić information content (AvgIpc) is 3.40. The van der Waals surface area contributed by atoms with Crippen molar-refractivity contribution in [2.45, 2.75) is 31.7 Å². The maximum atomic E-state index is 13.5. The largest absolute Gasteiger partial charge is 0.331 e. The van der Waals surface area contributed by atoms with Gasteiger partial charge in [-0.1, -0.05) is 36.4 Å². The zero-order valence-corrected chi connectivity index (χ0v) is 16.4. The highest BCUT2D eigenvalue weighted by molar-refractivity contribution is 5.78. The Morgan fingerprint density at radius 2 is 1.89 bits per heavy atom. The molecule has 28 heavy (non-hydrogen) atoms. The molecule has 0 unspecified atom stereocenters. The van der Waals surface area contributed by atoms with Crippen molar-refractivity contribution in [3.8, 4) is 0 Å². The van der Waals surface area contributed by atoms with Crippen LogP contribution < -0.4 is 0 Å². The van der Waals surface area contributed by atoms with Gasteiger partial charge in [0, 0.05) is 26.1 Å². The van der Waals surface area contributed by atoms with E-state index >= 15 is 0 Å². The third kappa shape index (κ3) is 3.04. The van der Waals surface area contributed by atoms with Crippen molar-refractivity contribution in [2.75, 3.05) is 26.7 Å². The molecule has 3 nitrogen and oxygen atoms in total. The van der Waals surface area contributed by atoms with Crippen LogP contribution in [-0.2, 0) is 11.2 Å². The molecule has 2 heterocycles. The molecule has 0 radical (unpaired) electrons. The molecule has 2 fully saturated rings. The smallest absolute Gasteiger partial charge is 0.223 e. The van der Waals surface area contributed by atoms with Crippen LogP contribution in [0.25, 0.3) is 0 Å². The van der Waals surface area contributed by atoms with Gasteiger partial charge in [-0.15, -0.1) is 0 Å². The van der Waals surface area contributed by atoms with Crippen LogP contribution in [0.4, 0.5) is 4.39 Å². The van der Waals surface area contributed by atoms with Crippen molar-refractivity contribution in [1.29, 1.82) is 0 Å². The Balaban J connectivity index is 1.45. The average molecular weight is 378 g/mol. The van der Waals surface area contributed by atoms with Crippen molar-refractivity contribution in [3.63, 3.8) is 0 Å². The molecule has 3 aliphatic rings. The van der Waals surface area contributed by atoms with Crippen LogP contribution in [0.15, 0.2) is 48.5 Å². The first-order chi connectivity index (χ1) is 13.6. The lowest BCUT2D eigenvalue weighted by Gasteiger charge is -2.38. The number of carbonyl (C=O) groups excluding carboxylic acids is 1. The molecule has 2 aromatic rings. The number of likely N-dealkylation sites (tertiary alicyclic amines) is 1. The van der Waals surface area contributed by atoms with E-state index in [0.29, 0.717) is 17.8 Å². The molecule has 146 valence electrons. The summed E-state index contributed by atoms with van der Waals surface area (Å²) in [5.41, 5.74) is 3.86. The van der Waals surface area contributed by atoms with E-state index in [9.17, 15) is 9.18 Å². The SMILES string of the molecule is CN1C[C@@H](CC(=O)N2CCc3ccccc3[C@H]2c2ccc(F)cc2)C2(CC2)C1. The third-order valence-corrected chi connectivity index (χ3v) is 7.09. The molecule has 0 N–H and O–H groups in total. The molecular formula is C24H27FN2O. The van der Waals surface area contributed by atoms with Gasteiger partial charge in [0.2, 0.25) is 5.91 Å². The zero-order valence-electron chi connectivity index (χ0n) is 16.4. The number of halogens is 1. The molecule has 4 heteroatoms. The Morgan fingerprint density at radius 3 is 2.64 bits per heavy atom. The summed E-state index contributed by atoms with van der Waals surface area (Å²) in [7, 11) is 2.17. The van der Waals surface area contributed by atoms with E-state index in [0.717, 1.165) is 31.6 Å². The minimum absolute atomic E-state index is 0.118. The lowest BCUT2D eigenvalue weighted by Crippen LogP contribution is -2.41. The van der Waals surface area contributed by atoms with Crippen LogP contribution >= 0.6 is 0 Å². The fraction of sp³-hybridized carbons (Fsp3) is 0.458. The molecular weight excluding hydrogens is 351 g/mol. The van der Waals surface area contributed by atoms with Gasteiger partial charge in [0.25, 0.3) is 0 Å². The van der Waals surface area contributed by atoms with Gasteiger partial charge in [-0.3, -0.25) is 4.79 Å². The highest BCUT2D eigenvalue weighted by Crippen LogP contribution is 2.57. The van der Waals surface area contributed by atoms with Gasteiger partial charge < -0.3 is 9.80 Å². The number of rotatable bonds is 3. The third-order valence-electron chi connectivity index (χ3n) is 7.09. The first-order valence-electron chi connectivity index (χ1n) is 10.4. The second kappa shape index (κ2) is 6.70. The molecule has 1 spiro atoms. The predicted molar refractivity (Wildman–Crippen MR) is 107 cm³/mol. The van der Waals surface area contributed by atoms with Crippen LogP contribution in [0.1, 0.15) is 42.0 Å². The Labute approximate surface area is 166 Å². The molecule has 1 aliphatic carbocycles. The van der Waals surface area contributed by atoms with E-state index in [-0.39, 0.29) is 17.8 Å². The van der Waals surface area contributed by atoms with Gasteiger partial charge >= 0.3 is 0 Å². The second-order valence-electron chi connectivity index (χ2n) is 8.95. The highest BCUT2D eigenvalue weighted by atomic mass is 19.1. The summed E-state index contributed by atoms with van der Waals surface area (Å²) in [6, 6.07) is 14.9. The maximum absolute atomic E-state index is 13.5. The molecule has 2 aromatic carbocycles. The van der Waals surface area contributed by atoms with Gasteiger partial charge in [0.05, 0.1) is 6.04 Å². The van der Waals surface area contributed by atoms with Crippen molar-refractivity contribution < 1.29 is 9.18 Å². The lowest BCUT2D eigenvalue weighted by molar-refractivity contribution is -0.134. The standard InChI is InChI=1S/C24H27FN2O/c1-26-15-19(24(16-26)11-12-24)14-22(28)27-13-10-17-4-2-3-5-21(17)23(27)18-6-8-20(25)9-7-18/h2-9,19,23H,10-16H2,1H3/t19-,23-/m1/s1. The van der Waals surface area contributed by atoms with Crippen LogP contribution in [-0.4, -0.2) is 42.4 Å². The van der Waals surface area contributed by atoms with Crippen molar-refractivity contribution >= 4 is 5.91 Å². The number of benzene rings is 2. The number of amides is 1. The Bertz CT molecular complexity index is 890. The number of fused-ring (bicyclic) bond motifs is 1. The zero-order chi connectivity index (χ0) is 19.3. The summed E-state index contributed by atoms with van der Waals surface area (Å²) in [5, 5.41) is 0. The molecule has 0 bridgehead atoms. The predicted octanol–water partition coefficient (Wildman–Crippen LogP) is 4.03. The Morgan fingerprint density at radius 1 is 1.14 bits per heavy atom. The van der Waals surface area contributed by atoms with E-state index in [1.807, 2.05) is 23.1 Å². The normalized spacial score (nSPS) is 25.7. The van der Waals surface area contributed by atoms with Gasteiger partial charge in [-0.05, 0) is 66.5 Å². The van der Waals surface area contributed by atoms with Gasteiger partial charge in [0.1, 0.15) is 5.82 Å². The summed E-state index contributed by atoms with van der Waals surface area (Å²) < 4.78 is 13.5. The first kappa shape index (κ1) is 17.9. The summed E-state index contributed by atoms with van der Waals surface area (Å²) in [6.45, 7) is 2.89. The number of hydrogen-bond acceptors (Lipinski definition) is 2. The van der Waals surface area contributed by atoms with E-state index in [4.69, 9.17) is 0 Å².